The Kier molecular flexibility index (Phi) is 56.1. The fourth-order valence-electron chi connectivity index (χ4n) is 8.36. The number of ether oxygens (including phenoxy) is 2. The molecule has 3 N–H and O–H groups in total. The number of hydrogen-bond donors (Lipinski definition) is 2. The third kappa shape index (κ3) is 56.8. The number of esters is 1. The van der Waals surface area contributed by atoms with Crippen molar-refractivity contribution in [3.05, 3.63) is 72.9 Å². The Labute approximate surface area is 433 Å². The zero-order chi connectivity index (χ0) is 50.8. The maximum Gasteiger partial charge on any atom is 0.472 e. The Morgan fingerprint density at radius 1 is 0.443 bits per heavy atom. The van der Waals surface area contributed by atoms with Crippen molar-refractivity contribution in [3.8, 4) is 0 Å². The van der Waals surface area contributed by atoms with E-state index in [0.717, 1.165) is 83.5 Å². The van der Waals surface area contributed by atoms with E-state index in [4.69, 9.17) is 24.3 Å². The predicted octanol–water partition coefficient (Wildman–Crippen LogP) is 19.0. The van der Waals surface area contributed by atoms with E-state index in [-0.39, 0.29) is 32.3 Å². The number of phosphoric ester groups is 1. The molecule has 2 atom stereocenters. The minimum absolute atomic E-state index is 0.0966. The van der Waals surface area contributed by atoms with Crippen molar-refractivity contribution < 1.29 is 32.8 Å². The first-order valence-corrected chi connectivity index (χ1v) is 30.9. The van der Waals surface area contributed by atoms with Crippen molar-refractivity contribution in [3.63, 3.8) is 0 Å². The maximum atomic E-state index is 12.7. The van der Waals surface area contributed by atoms with Gasteiger partial charge in [0.2, 0.25) is 0 Å². The second-order valence-corrected chi connectivity index (χ2v) is 20.9. The van der Waals surface area contributed by atoms with Crippen molar-refractivity contribution in [2.75, 3.05) is 33.0 Å². The largest absolute Gasteiger partial charge is 0.472 e. The van der Waals surface area contributed by atoms with E-state index in [0.29, 0.717) is 13.0 Å². The molecule has 0 fully saturated rings. The van der Waals surface area contributed by atoms with Crippen LogP contribution in [0.15, 0.2) is 72.9 Å². The number of nitrogens with two attached hydrogens (primary N) is 1. The minimum atomic E-state index is -4.29. The molecule has 9 heteroatoms. The molecule has 8 nitrogen and oxygen atoms in total. The molecule has 0 saturated heterocycles. The summed E-state index contributed by atoms with van der Waals surface area (Å²) < 4.78 is 33.7. The Morgan fingerprint density at radius 2 is 0.800 bits per heavy atom. The molecule has 0 aliphatic rings. The number of rotatable bonds is 56. The van der Waals surface area contributed by atoms with E-state index in [1.807, 2.05) is 0 Å². The normalized spacial score (nSPS) is 13.7. The molecule has 0 amide bonds. The fraction of sp³-hybridized carbons (Fsp3) is 0.787. The molecule has 70 heavy (non-hydrogen) atoms. The molecular weight excluding hydrogens is 890 g/mol. The average molecular weight is 1000 g/mol. The molecule has 0 saturated carbocycles. The van der Waals surface area contributed by atoms with E-state index in [1.165, 1.54) is 167 Å². The number of unbranched alkanes of at least 4 members (excludes halogenated alkanes) is 31. The van der Waals surface area contributed by atoms with E-state index >= 15 is 0 Å². The first-order valence-electron chi connectivity index (χ1n) is 29.4. The summed E-state index contributed by atoms with van der Waals surface area (Å²) in [5, 5.41) is 0. The van der Waals surface area contributed by atoms with Crippen LogP contribution in [-0.2, 0) is 27.9 Å². The Morgan fingerprint density at radius 3 is 1.20 bits per heavy atom. The molecule has 0 spiro atoms. The van der Waals surface area contributed by atoms with Crippen molar-refractivity contribution in [1.29, 1.82) is 0 Å². The van der Waals surface area contributed by atoms with Gasteiger partial charge in [0.25, 0.3) is 0 Å². The molecule has 0 rings (SSSR count). The molecule has 0 aliphatic heterocycles. The van der Waals surface area contributed by atoms with Gasteiger partial charge in [-0.2, -0.15) is 0 Å². The van der Waals surface area contributed by atoms with Crippen LogP contribution in [0.3, 0.4) is 0 Å². The van der Waals surface area contributed by atoms with Crippen LogP contribution in [0, 0.1) is 0 Å². The minimum Gasteiger partial charge on any atom is -0.457 e. The highest BCUT2D eigenvalue weighted by Gasteiger charge is 2.25. The van der Waals surface area contributed by atoms with Crippen LogP contribution in [0.5, 0.6) is 0 Å². The smallest absolute Gasteiger partial charge is 0.457 e. The first-order chi connectivity index (χ1) is 34.4. The molecule has 408 valence electrons. The SMILES string of the molecule is CC/C=C\C/C=C\C/C=C\C/C=C\C/C=C\C/C=C\CCCCCCCCCOCC(COP(=O)(O)OCCN)OC(=O)CCCCCCCCCCCCCCCCCCCCCCCCCCC. The monoisotopic (exact) mass is 1000 g/mol. The summed E-state index contributed by atoms with van der Waals surface area (Å²) in [5.41, 5.74) is 5.41. The van der Waals surface area contributed by atoms with Crippen molar-refractivity contribution in [1.82, 2.24) is 0 Å². The summed E-state index contributed by atoms with van der Waals surface area (Å²) >= 11 is 0. The number of hydrogen-bond acceptors (Lipinski definition) is 7. The quantitative estimate of drug-likeness (QED) is 0.0268. The van der Waals surface area contributed by atoms with E-state index < -0.39 is 13.9 Å². The molecule has 0 bridgehead atoms. The van der Waals surface area contributed by atoms with Gasteiger partial charge in [0.1, 0.15) is 6.10 Å². The van der Waals surface area contributed by atoms with Gasteiger partial charge in [-0.3, -0.25) is 13.8 Å². The van der Waals surface area contributed by atoms with E-state index in [1.54, 1.807) is 0 Å². The van der Waals surface area contributed by atoms with Gasteiger partial charge in [-0.05, 0) is 64.2 Å². The van der Waals surface area contributed by atoms with Crippen LogP contribution >= 0.6 is 7.82 Å². The van der Waals surface area contributed by atoms with Gasteiger partial charge in [0, 0.05) is 19.6 Å². The second kappa shape index (κ2) is 57.8. The van der Waals surface area contributed by atoms with Gasteiger partial charge in [-0.1, -0.05) is 273 Å². The molecular formula is C61H112NO7P. The average Bonchev–Trinajstić information content (AvgIpc) is 3.35. The fourth-order valence-corrected chi connectivity index (χ4v) is 9.12. The summed E-state index contributed by atoms with van der Waals surface area (Å²) in [5.74, 6) is -0.331. The number of carbonyl (C=O) groups excluding carboxylic acids is 1. The summed E-state index contributed by atoms with van der Waals surface area (Å²) in [6.07, 6.45) is 75.3. The number of carbonyl (C=O) groups is 1. The number of phosphoric acid groups is 1. The molecule has 0 aromatic rings. The molecule has 0 radical (unpaired) electrons. The lowest BCUT2D eigenvalue weighted by Gasteiger charge is -2.20. The van der Waals surface area contributed by atoms with Crippen LogP contribution in [0.2, 0.25) is 0 Å². The van der Waals surface area contributed by atoms with E-state index in [2.05, 4.69) is 86.8 Å². The Bertz CT molecular complexity index is 1310. The van der Waals surface area contributed by atoms with Gasteiger partial charge in [0.15, 0.2) is 0 Å². The third-order valence-electron chi connectivity index (χ3n) is 12.6. The van der Waals surface area contributed by atoms with E-state index in [9.17, 15) is 14.3 Å². The Hall–Kier alpha value is -2.06. The molecule has 0 heterocycles. The van der Waals surface area contributed by atoms with Crippen molar-refractivity contribution in [2.45, 2.75) is 277 Å². The van der Waals surface area contributed by atoms with Crippen LogP contribution in [0.1, 0.15) is 271 Å². The van der Waals surface area contributed by atoms with Gasteiger partial charge >= 0.3 is 13.8 Å². The Balaban J connectivity index is 3.90. The summed E-state index contributed by atoms with van der Waals surface area (Å²) in [6, 6.07) is 0. The van der Waals surface area contributed by atoms with Crippen molar-refractivity contribution >= 4 is 13.8 Å². The first kappa shape index (κ1) is 67.9. The van der Waals surface area contributed by atoms with Crippen LogP contribution in [-0.4, -0.2) is 49.9 Å². The highest BCUT2D eigenvalue weighted by molar-refractivity contribution is 7.47. The van der Waals surface area contributed by atoms with Gasteiger partial charge < -0.3 is 20.1 Å². The van der Waals surface area contributed by atoms with Gasteiger partial charge in [-0.15, -0.1) is 0 Å². The van der Waals surface area contributed by atoms with Crippen LogP contribution in [0.4, 0.5) is 0 Å². The zero-order valence-electron chi connectivity index (χ0n) is 45.7. The molecule has 0 aromatic carbocycles. The highest BCUT2D eigenvalue weighted by atomic mass is 31.2. The standard InChI is InChI=1S/C61H112NO7P/c1-3-5-7-9-11-13-15-17-19-21-23-25-27-29-31-33-35-37-39-41-43-45-47-49-51-53-56-66-58-60(59-68-70(64,65)67-57-55-62)69-61(63)54-52-50-48-46-44-42-40-38-36-34-32-30-28-26-24-22-20-18-16-14-12-10-8-6-4-2/h5,7,11,13,17,19,23,25,29,31,35,37,60H,3-4,6,8-10,12,14-16,18,20-22,24,26-28,30,32-34,36,38-59,62H2,1-2H3,(H,64,65)/b7-5-,13-11-,19-17-,25-23-,31-29-,37-35-. The second-order valence-electron chi connectivity index (χ2n) is 19.5. The highest BCUT2D eigenvalue weighted by Crippen LogP contribution is 2.43. The van der Waals surface area contributed by atoms with Gasteiger partial charge in [-0.25, -0.2) is 4.57 Å². The lowest BCUT2D eigenvalue weighted by molar-refractivity contribution is -0.154. The van der Waals surface area contributed by atoms with Crippen LogP contribution < -0.4 is 5.73 Å². The predicted molar refractivity (Wildman–Crippen MR) is 302 cm³/mol. The zero-order valence-corrected chi connectivity index (χ0v) is 46.6. The summed E-state index contributed by atoms with van der Waals surface area (Å²) in [4.78, 5) is 22.7. The molecule has 2 unspecified atom stereocenters. The summed E-state index contributed by atoms with van der Waals surface area (Å²) in [7, 11) is -4.29. The lowest BCUT2D eigenvalue weighted by Crippen LogP contribution is -2.28. The maximum absolute atomic E-state index is 12.7. The van der Waals surface area contributed by atoms with Crippen LogP contribution in [0.25, 0.3) is 0 Å². The molecule has 0 aromatic heterocycles. The number of allylic oxidation sites excluding steroid dienone is 12. The summed E-state index contributed by atoms with van der Waals surface area (Å²) in [6.45, 7) is 4.82. The lowest BCUT2D eigenvalue weighted by atomic mass is 10.0. The van der Waals surface area contributed by atoms with Gasteiger partial charge in [0.05, 0.1) is 19.8 Å². The topological polar surface area (TPSA) is 117 Å². The third-order valence-corrected chi connectivity index (χ3v) is 13.6. The molecule has 0 aliphatic carbocycles. The van der Waals surface area contributed by atoms with Crippen molar-refractivity contribution in [2.24, 2.45) is 5.73 Å².